The molecule has 11 heteroatoms. The van der Waals surface area contributed by atoms with E-state index in [1.54, 1.807) is 18.2 Å². The summed E-state index contributed by atoms with van der Waals surface area (Å²) < 4.78 is 10.9. The Hall–Kier alpha value is -3.69. The summed E-state index contributed by atoms with van der Waals surface area (Å²) >= 11 is 11.7. The van der Waals surface area contributed by atoms with Crippen LogP contribution in [0.4, 0.5) is 5.69 Å². The van der Waals surface area contributed by atoms with E-state index in [0.29, 0.717) is 27.6 Å². The van der Waals surface area contributed by atoms with Crippen LogP contribution in [-0.2, 0) is 0 Å². The van der Waals surface area contributed by atoms with Gasteiger partial charge >= 0.3 is 0 Å². The number of halogens is 2. The van der Waals surface area contributed by atoms with Gasteiger partial charge in [0.25, 0.3) is 11.6 Å². The van der Waals surface area contributed by atoms with E-state index in [2.05, 4.69) is 15.5 Å². The Kier molecular flexibility index (Phi) is 7.01. The summed E-state index contributed by atoms with van der Waals surface area (Å²) in [5, 5.41) is 15.2. The van der Waals surface area contributed by atoms with Crippen molar-refractivity contribution < 1.29 is 19.2 Å². The maximum absolute atomic E-state index is 12.1. The molecule has 0 fully saturated rings. The third-order valence-corrected chi connectivity index (χ3v) is 4.63. The van der Waals surface area contributed by atoms with Gasteiger partial charge in [0.05, 0.1) is 28.3 Å². The lowest BCUT2D eigenvalue weighted by Crippen LogP contribution is -2.17. The zero-order valence-corrected chi connectivity index (χ0v) is 17.4. The summed E-state index contributed by atoms with van der Waals surface area (Å²) in [7, 11) is 1.46. The maximum atomic E-state index is 12.1. The van der Waals surface area contributed by atoms with Crippen molar-refractivity contribution in [1.29, 1.82) is 0 Å². The highest BCUT2D eigenvalue weighted by Gasteiger charge is 2.11. The molecule has 0 unspecified atom stereocenters. The smallest absolute Gasteiger partial charge is 0.287 e. The minimum atomic E-state index is -0.550. The van der Waals surface area contributed by atoms with Crippen molar-refractivity contribution in [3.63, 3.8) is 0 Å². The largest absolute Gasteiger partial charge is 0.493 e. The predicted octanol–water partition coefficient (Wildman–Crippen LogP) is 4.86. The van der Waals surface area contributed by atoms with Crippen molar-refractivity contribution in [2.24, 2.45) is 5.10 Å². The summed E-state index contributed by atoms with van der Waals surface area (Å²) in [6, 6.07) is 12.1. The second kappa shape index (κ2) is 9.88. The van der Waals surface area contributed by atoms with E-state index in [4.69, 9.17) is 32.7 Å². The predicted molar refractivity (Wildman–Crippen MR) is 115 cm³/mol. The van der Waals surface area contributed by atoms with Crippen LogP contribution in [0.1, 0.15) is 15.9 Å². The van der Waals surface area contributed by atoms with Gasteiger partial charge in [0, 0.05) is 17.7 Å². The number of nitrogens with one attached hydrogen (secondary N) is 1. The molecule has 0 saturated heterocycles. The van der Waals surface area contributed by atoms with Crippen molar-refractivity contribution in [3.8, 4) is 17.4 Å². The first kappa shape index (κ1) is 22.0. The lowest BCUT2D eigenvalue weighted by Gasteiger charge is -2.10. The Morgan fingerprint density at radius 1 is 1.13 bits per heavy atom. The van der Waals surface area contributed by atoms with Crippen LogP contribution in [0.25, 0.3) is 0 Å². The van der Waals surface area contributed by atoms with E-state index in [1.165, 1.54) is 43.7 Å². The molecule has 1 heterocycles. The second-order valence-corrected chi connectivity index (χ2v) is 6.77. The van der Waals surface area contributed by atoms with Crippen LogP contribution in [0, 0.1) is 10.1 Å². The number of carbonyl (C=O) groups is 1. The molecule has 2 aromatic carbocycles. The minimum Gasteiger partial charge on any atom is -0.493 e. The van der Waals surface area contributed by atoms with Crippen molar-refractivity contribution in [1.82, 2.24) is 10.4 Å². The SMILES string of the molecule is COc1cc(C=NNC(=O)c2ccc(Cl)c(Cl)c2)ccc1Oc1ccc([N+](=O)[O-])cn1. The molecular formula is C20H14Cl2N4O5. The molecule has 0 atom stereocenters. The average molecular weight is 461 g/mol. The third-order valence-electron chi connectivity index (χ3n) is 3.90. The molecule has 0 spiro atoms. The van der Waals surface area contributed by atoms with Gasteiger partial charge in [0.2, 0.25) is 5.88 Å². The van der Waals surface area contributed by atoms with Gasteiger partial charge in [-0.15, -0.1) is 0 Å². The highest BCUT2D eigenvalue weighted by molar-refractivity contribution is 6.42. The van der Waals surface area contributed by atoms with E-state index < -0.39 is 10.8 Å². The Morgan fingerprint density at radius 2 is 1.94 bits per heavy atom. The molecule has 158 valence electrons. The lowest BCUT2D eigenvalue weighted by molar-refractivity contribution is -0.385. The van der Waals surface area contributed by atoms with Crippen LogP contribution in [0.2, 0.25) is 10.0 Å². The number of aromatic nitrogens is 1. The van der Waals surface area contributed by atoms with Crippen molar-refractivity contribution in [2.75, 3.05) is 7.11 Å². The van der Waals surface area contributed by atoms with Gasteiger partial charge in [0.15, 0.2) is 11.5 Å². The van der Waals surface area contributed by atoms with Crippen molar-refractivity contribution in [3.05, 3.63) is 86.0 Å². The van der Waals surface area contributed by atoms with Crippen LogP contribution in [0.3, 0.4) is 0 Å². The molecular weight excluding hydrogens is 447 g/mol. The fourth-order valence-electron chi connectivity index (χ4n) is 2.37. The summed E-state index contributed by atoms with van der Waals surface area (Å²) in [5.41, 5.74) is 3.18. The molecule has 0 bridgehead atoms. The number of pyridine rings is 1. The zero-order valence-electron chi connectivity index (χ0n) is 15.9. The van der Waals surface area contributed by atoms with Crippen LogP contribution in [0.15, 0.2) is 59.8 Å². The minimum absolute atomic E-state index is 0.145. The van der Waals surface area contributed by atoms with Crippen LogP contribution in [0.5, 0.6) is 17.4 Å². The fourth-order valence-corrected chi connectivity index (χ4v) is 2.67. The van der Waals surface area contributed by atoms with Gasteiger partial charge in [-0.1, -0.05) is 23.2 Å². The number of hydrogen-bond donors (Lipinski definition) is 1. The topological polar surface area (TPSA) is 116 Å². The molecule has 3 rings (SSSR count). The molecule has 31 heavy (non-hydrogen) atoms. The van der Waals surface area contributed by atoms with Crippen molar-refractivity contribution in [2.45, 2.75) is 0 Å². The molecule has 1 aromatic heterocycles. The van der Waals surface area contributed by atoms with Gasteiger partial charge in [0.1, 0.15) is 6.20 Å². The highest BCUT2D eigenvalue weighted by Crippen LogP contribution is 2.31. The standard InChI is InChI=1S/C20H14Cl2N4O5/c1-30-18-8-12(10-24-25-20(27)13-3-5-15(21)16(22)9-13)2-6-17(18)31-19-7-4-14(11-23-19)26(28)29/h2-11H,1H3,(H,25,27). The average Bonchev–Trinajstić information content (AvgIpc) is 2.76. The number of methoxy groups -OCH3 is 1. The molecule has 0 aliphatic carbocycles. The van der Waals surface area contributed by atoms with E-state index in [-0.39, 0.29) is 16.6 Å². The summed E-state index contributed by atoms with van der Waals surface area (Å²) in [6.07, 6.45) is 2.52. The maximum Gasteiger partial charge on any atom is 0.287 e. The van der Waals surface area contributed by atoms with Crippen LogP contribution in [-0.4, -0.2) is 29.1 Å². The first-order valence-corrected chi connectivity index (χ1v) is 9.38. The van der Waals surface area contributed by atoms with E-state index in [1.807, 2.05) is 0 Å². The zero-order chi connectivity index (χ0) is 22.4. The number of nitrogens with zero attached hydrogens (tertiary/aromatic N) is 3. The molecule has 1 amide bonds. The van der Waals surface area contributed by atoms with Gasteiger partial charge in [-0.2, -0.15) is 5.10 Å². The monoisotopic (exact) mass is 460 g/mol. The number of amides is 1. The molecule has 0 aliphatic heterocycles. The van der Waals surface area contributed by atoms with Gasteiger partial charge in [-0.3, -0.25) is 14.9 Å². The molecule has 1 N–H and O–H groups in total. The Balaban J connectivity index is 1.68. The molecule has 9 nitrogen and oxygen atoms in total. The number of nitro groups is 1. The number of hydrazone groups is 1. The Labute approximate surface area is 186 Å². The van der Waals surface area contributed by atoms with Gasteiger partial charge < -0.3 is 9.47 Å². The van der Waals surface area contributed by atoms with Crippen molar-refractivity contribution >= 4 is 41.0 Å². The van der Waals surface area contributed by atoms with Crippen LogP contribution < -0.4 is 14.9 Å². The first-order valence-electron chi connectivity index (χ1n) is 8.62. The number of hydrogen-bond acceptors (Lipinski definition) is 7. The Morgan fingerprint density at radius 3 is 2.58 bits per heavy atom. The quantitative estimate of drug-likeness (QED) is 0.305. The van der Waals surface area contributed by atoms with E-state index in [9.17, 15) is 14.9 Å². The summed E-state index contributed by atoms with van der Waals surface area (Å²) in [4.78, 5) is 26.2. The third kappa shape index (κ3) is 5.68. The van der Waals surface area contributed by atoms with E-state index >= 15 is 0 Å². The van der Waals surface area contributed by atoms with Gasteiger partial charge in [-0.25, -0.2) is 10.4 Å². The summed E-state index contributed by atoms with van der Waals surface area (Å²) in [5.74, 6) is 0.436. The molecule has 0 aliphatic rings. The van der Waals surface area contributed by atoms with E-state index in [0.717, 1.165) is 6.20 Å². The summed E-state index contributed by atoms with van der Waals surface area (Å²) in [6.45, 7) is 0. The Bertz CT molecular complexity index is 1150. The number of ether oxygens (including phenoxy) is 2. The number of rotatable bonds is 7. The second-order valence-electron chi connectivity index (χ2n) is 5.95. The van der Waals surface area contributed by atoms with Gasteiger partial charge in [-0.05, 0) is 42.0 Å². The van der Waals surface area contributed by atoms with Crippen LogP contribution >= 0.6 is 23.2 Å². The number of benzene rings is 2. The fraction of sp³-hybridized carbons (Fsp3) is 0.0500. The molecule has 0 radical (unpaired) electrons. The lowest BCUT2D eigenvalue weighted by atomic mass is 10.2. The number of carbonyl (C=O) groups excluding carboxylic acids is 1. The first-order chi connectivity index (χ1) is 14.9. The highest BCUT2D eigenvalue weighted by atomic mass is 35.5. The normalized spacial score (nSPS) is 10.7. The molecule has 3 aromatic rings. The molecule has 0 saturated carbocycles.